The lowest BCUT2D eigenvalue weighted by atomic mass is 9.92. The second-order valence-electron chi connectivity index (χ2n) is 9.46. The molecule has 2 aliphatic rings. The van der Waals surface area contributed by atoms with E-state index in [4.69, 9.17) is 4.74 Å². The van der Waals surface area contributed by atoms with Crippen LogP contribution in [-0.2, 0) is 11.8 Å². The van der Waals surface area contributed by atoms with Crippen molar-refractivity contribution in [3.63, 3.8) is 0 Å². The van der Waals surface area contributed by atoms with E-state index in [2.05, 4.69) is 20.1 Å². The number of halogens is 3. The molecule has 1 aliphatic carbocycles. The third-order valence-corrected chi connectivity index (χ3v) is 7.00. The largest absolute Gasteiger partial charge is 0.373 e. The Labute approximate surface area is 203 Å². The van der Waals surface area contributed by atoms with E-state index in [0.29, 0.717) is 43.2 Å². The van der Waals surface area contributed by atoms with Crippen molar-refractivity contribution < 1.29 is 17.9 Å². The number of rotatable bonds is 4. The molecule has 11 heteroatoms. The van der Waals surface area contributed by atoms with Crippen molar-refractivity contribution in [2.24, 2.45) is 7.05 Å². The first kappa shape index (κ1) is 22.8. The van der Waals surface area contributed by atoms with Crippen LogP contribution in [-0.4, -0.2) is 35.9 Å². The van der Waals surface area contributed by atoms with E-state index in [1.54, 1.807) is 20.2 Å². The summed E-state index contributed by atoms with van der Waals surface area (Å²) in [6, 6.07) is 1.65. The molecule has 3 aromatic heterocycles. The van der Waals surface area contributed by atoms with Crippen molar-refractivity contribution >= 4 is 11.0 Å². The summed E-state index contributed by atoms with van der Waals surface area (Å²) in [5.41, 5.74) is 0.233. The maximum absolute atomic E-state index is 14.8. The molecule has 4 heterocycles. The Morgan fingerprint density at radius 1 is 1.00 bits per heavy atom. The van der Waals surface area contributed by atoms with Crippen LogP contribution in [0.3, 0.4) is 0 Å². The van der Waals surface area contributed by atoms with E-state index in [-0.39, 0.29) is 34.3 Å². The second kappa shape index (κ2) is 8.51. The van der Waals surface area contributed by atoms with Crippen molar-refractivity contribution in [2.45, 2.75) is 50.7 Å². The molecule has 1 aromatic carbocycles. The third kappa shape index (κ3) is 3.87. The van der Waals surface area contributed by atoms with Crippen LogP contribution >= 0.6 is 0 Å². The number of aryl methyl sites for hydroxylation is 1. The zero-order valence-corrected chi connectivity index (χ0v) is 19.7. The predicted octanol–water partition coefficient (Wildman–Crippen LogP) is 4.28. The third-order valence-electron chi connectivity index (χ3n) is 7.00. The summed E-state index contributed by atoms with van der Waals surface area (Å²) < 4.78 is 51.9. The van der Waals surface area contributed by atoms with Gasteiger partial charge < -0.3 is 4.74 Å². The van der Waals surface area contributed by atoms with Gasteiger partial charge in [0.05, 0.1) is 18.3 Å². The first-order valence-corrected chi connectivity index (χ1v) is 11.9. The fourth-order valence-corrected chi connectivity index (χ4v) is 4.67. The molecule has 186 valence electrons. The normalized spacial score (nSPS) is 20.2. The molecule has 6 rings (SSSR count). The van der Waals surface area contributed by atoms with Gasteiger partial charge in [-0.1, -0.05) is 0 Å². The Morgan fingerprint density at radius 2 is 1.78 bits per heavy atom. The minimum atomic E-state index is -1.31. The van der Waals surface area contributed by atoms with Crippen molar-refractivity contribution in [2.75, 3.05) is 6.61 Å². The maximum Gasteiger partial charge on any atom is 0.279 e. The smallest absolute Gasteiger partial charge is 0.279 e. The average Bonchev–Trinajstić information content (AvgIpc) is 3.61. The first-order valence-electron chi connectivity index (χ1n) is 11.9. The highest BCUT2D eigenvalue weighted by atomic mass is 19.2. The summed E-state index contributed by atoms with van der Waals surface area (Å²) in [6.07, 6.45) is 6.91. The van der Waals surface area contributed by atoms with Crippen LogP contribution in [0.4, 0.5) is 13.2 Å². The maximum atomic E-state index is 14.8. The number of benzene rings is 1. The number of ether oxygens (including phenoxy) is 1. The average molecular weight is 496 g/mol. The van der Waals surface area contributed by atoms with Gasteiger partial charge in [0.2, 0.25) is 0 Å². The van der Waals surface area contributed by atoms with Gasteiger partial charge in [0.15, 0.2) is 17.2 Å². The fraction of sp³-hybridized carbons (Fsp3) is 0.400. The quantitative estimate of drug-likeness (QED) is 0.392. The van der Waals surface area contributed by atoms with Crippen molar-refractivity contribution in [1.82, 2.24) is 29.3 Å². The fourth-order valence-electron chi connectivity index (χ4n) is 4.67. The highest BCUT2D eigenvalue weighted by Gasteiger charge is 2.31. The number of hydrogen-bond donors (Lipinski definition) is 0. The summed E-state index contributed by atoms with van der Waals surface area (Å²) in [7, 11) is 1.56. The highest BCUT2D eigenvalue weighted by Crippen LogP contribution is 2.40. The molecule has 1 saturated heterocycles. The van der Waals surface area contributed by atoms with Gasteiger partial charge in [-0.25, -0.2) is 28.1 Å². The number of aromatic nitrogens is 6. The standard InChI is InChI=1S/C25H23F3N6O2/c1-12-30-22-21(16-8-18(27)19(28)9-17(16)26)31-24(32-23(22)25(35)33(12)2)13-5-6-36-20(7-13)14-10-29-34(11-14)15-3-4-15/h8-11,13,15,20H,3-7H2,1-2H3/t13-,20+/m0/s1. The molecule has 0 unspecified atom stereocenters. The van der Waals surface area contributed by atoms with Gasteiger partial charge in [0, 0.05) is 43.0 Å². The topological polar surface area (TPSA) is 87.7 Å². The predicted molar refractivity (Wildman–Crippen MR) is 124 cm³/mol. The number of nitrogens with zero attached hydrogens (tertiary/aromatic N) is 6. The van der Waals surface area contributed by atoms with Crippen molar-refractivity contribution in [3.05, 3.63) is 69.5 Å². The molecule has 2 fully saturated rings. The van der Waals surface area contributed by atoms with Crippen LogP contribution in [0, 0.1) is 24.4 Å². The van der Waals surface area contributed by atoms with Gasteiger partial charge in [-0.15, -0.1) is 0 Å². The molecule has 0 N–H and O–H groups in total. The van der Waals surface area contributed by atoms with Crippen molar-refractivity contribution in [3.8, 4) is 11.3 Å². The molecule has 2 atom stereocenters. The first-order chi connectivity index (χ1) is 17.3. The van der Waals surface area contributed by atoms with Gasteiger partial charge >= 0.3 is 0 Å². The minimum absolute atomic E-state index is 0.00294. The molecular formula is C25H23F3N6O2. The van der Waals surface area contributed by atoms with Crippen LogP contribution in [0.1, 0.15) is 61.0 Å². The second-order valence-corrected chi connectivity index (χ2v) is 9.46. The lowest BCUT2D eigenvalue weighted by Gasteiger charge is -2.28. The Bertz CT molecular complexity index is 1560. The van der Waals surface area contributed by atoms with E-state index >= 15 is 0 Å². The van der Waals surface area contributed by atoms with Crippen LogP contribution in [0.5, 0.6) is 0 Å². The molecule has 0 radical (unpaired) electrons. The Balaban J connectivity index is 1.47. The van der Waals surface area contributed by atoms with Crippen molar-refractivity contribution in [1.29, 1.82) is 0 Å². The molecule has 8 nitrogen and oxygen atoms in total. The monoisotopic (exact) mass is 496 g/mol. The molecule has 4 aromatic rings. The Morgan fingerprint density at radius 3 is 2.56 bits per heavy atom. The lowest BCUT2D eigenvalue weighted by molar-refractivity contribution is 0.00397. The molecule has 1 saturated carbocycles. The van der Waals surface area contributed by atoms with Gasteiger partial charge in [-0.05, 0) is 38.7 Å². The van der Waals surface area contributed by atoms with E-state index in [9.17, 15) is 18.0 Å². The summed E-state index contributed by atoms with van der Waals surface area (Å²) in [5, 5.41) is 4.45. The molecule has 0 bridgehead atoms. The minimum Gasteiger partial charge on any atom is -0.373 e. The van der Waals surface area contributed by atoms with E-state index < -0.39 is 23.0 Å². The number of hydrogen-bond acceptors (Lipinski definition) is 6. The van der Waals surface area contributed by atoms with Gasteiger partial charge in [-0.2, -0.15) is 5.10 Å². The summed E-state index contributed by atoms with van der Waals surface area (Å²) >= 11 is 0. The Kier molecular flexibility index (Phi) is 5.40. The van der Waals surface area contributed by atoms with Gasteiger partial charge in [0.25, 0.3) is 5.56 Å². The molecular weight excluding hydrogens is 473 g/mol. The molecule has 0 amide bonds. The van der Waals surface area contributed by atoms with E-state index in [1.165, 1.54) is 4.57 Å². The summed E-state index contributed by atoms with van der Waals surface area (Å²) in [6.45, 7) is 2.05. The summed E-state index contributed by atoms with van der Waals surface area (Å²) in [5.74, 6) is -3.08. The van der Waals surface area contributed by atoms with E-state index in [0.717, 1.165) is 24.5 Å². The molecule has 36 heavy (non-hydrogen) atoms. The Hall–Kier alpha value is -3.60. The molecule has 0 spiro atoms. The SMILES string of the molecule is Cc1nc2c(-c3cc(F)c(F)cc3F)nc([C@H]3CCO[C@@H](c4cnn(C5CC5)c4)C3)nc2c(=O)n1C. The zero-order chi connectivity index (χ0) is 25.1. The zero-order valence-electron chi connectivity index (χ0n) is 19.7. The summed E-state index contributed by atoms with van der Waals surface area (Å²) in [4.78, 5) is 26.6. The van der Waals surface area contributed by atoms with Crippen LogP contribution in [0.2, 0.25) is 0 Å². The van der Waals surface area contributed by atoms with Crippen LogP contribution < -0.4 is 5.56 Å². The van der Waals surface area contributed by atoms with Crippen LogP contribution in [0.25, 0.3) is 22.3 Å². The van der Waals surface area contributed by atoms with Crippen LogP contribution in [0.15, 0.2) is 29.3 Å². The van der Waals surface area contributed by atoms with Gasteiger partial charge in [-0.3, -0.25) is 14.0 Å². The number of fused-ring (bicyclic) bond motifs is 1. The van der Waals surface area contributed by atoms with Gasteiger partial charge in [0.1, 0.15) is 28.7 Å². The molecule has 1 aliphatic heterocycles. The van der Waals surface area contributed by atoms with E-state index in [1.807, 2.05) is 10.9 Å². The lowest BCUT2D eigenvalue weighted by Crippen LogP contribution is -2.25. The highest BCUT2D eigenvalue weighted by molar-refractivity contribution is 5.88.